The number of hydrogen-bond donors (Lipinski definition) is 2. The summed E-state index contributed by atoms with van der Waals surface area (Å²) in [5.74, 6) is 0.0871. The number of halogens is 1. The number of hydrogen-bond acceptors (Lipinski definition) is 4. The van der Waals surface area contributed by atoms with Gasteiger partial charge < -0.3 is 15.4 Å². The van der Waals surface area contributed by atoms with Crippen LogP contribution in [0.1, 0.15) is 6.42 Å². The van der Waals surface area contributed by atoms with Crippen molar-refractivity contribution in [3.63, 3.8) is 0 Å². The monoisotopic (exact) mass is 379 g/mol. The van der Waals surface area contributed by atoms with Crippen LogP contribution in [-0.2, 0) is 10.0 Å². The molecule has 0 unspecified atom stereocenters. The Balaban J connectivity index is 1.80. The van der Waals surface area contributed by atoms with E-state index in [1.54, 1.807) is 18.2 Å². The molecular weight excluding hydrogens is 361 g/mol. The van der Waals surface area contributed by atoms with Gasteiger partial charge in [-0.1, -0.05) is 0 Å². The van der Waals surface area contributed by atoms with Gasteiger partial charge in [-0.3, -0.25) is 4.31 Å². The summed E-state index contributed by atoms with van der Waals surface area (Å²) >= 11 is 0. The van der Waals surface area contributed by atoms with Crippen LogP contribution in [0.3, 0.4) is 0 Å². The number of amides is 2. The van der Waals surface area contributed by atoms with Gasteiger partial charge in [-0.05, 0) is 48.9 Å². The number of carbonyl (C=O) groups is 1. The highest BCUT2D eigenvalue weighted by atomic mass is 32.2. The Bertz CT molecular complexity index is 916. The second-order valence-electron chi connectivity index (χ2n) is 5.71. The molecule has 2 aromatic carbocycles. The Kier molecular flexibility index (Phi) is 4.99. The summed E-state index contributed by atoms with van der Waals surface area (Å²) in [6.07, 6.45) is 0.558. The number of nitrogens with zero attached hydrogens (tertiary/aromatic N) is 1. The number of rotatable bonds is 4. The van der Waals surface area contributed by atoms with Crippen LogP contribution in [0, 0.1) is 5.82 Å². The third kappa shape index (κ3) is 3.88. The lowest BCUT2D eigenvalue weighted by atomic mass is 10.2. The lowest BCUT2D eigenvalue weighted by Gasteiger charge is -2.19. The maximum absolute atomic E-state index is 12.9. The van der Waals surface area contributed by atoms with Gasteiger partial charge in [0.25, 0.3) is 0 Å². The van der Waals surface area contributed by atoms with Crippen LogP contribution in [0.25, 0.3) is 0 Å². The molecule has 3 rings (SSSR count). The third-order valence-electron chi connectivity index (χ3n) is 3.92. The summed E-state index contributed by atoms with van der Waals surface area (Å²) in [6, 6.07) is 9.53. The second-order valence-corrected chi connectivity index (χ2v) is 7.73. The molecule has 26 heavy (non-hydrogen) atoms. The van der Waals surface area contributed by atoms with Crippen LogP contribution >= 0.6 is 0 Å². The molecule has 0 aliphatic carbocycles. The molecule has 1 aliphatic heterocycles. The van der Waals surface area contributed by atoms with E-state index in [1.807, 2.05) is 0 Å². The summed E-state index contributed by atoms with van der Waals surface area (Å²) in [6.45, 7) is 0.399. The van der Waals surface area contributed by atoms with Crippen LogP contribution in [0.4, 0.5) is 26.2 Å². The first-order chi connectivity index (χ1) is 12.4. The predicted octanol–water partition coefficient (Wildman–Crippen LogP) is 3.02. The number of urea groups is 1. The molecule has 0 spiro atoms. The fourth-order valence-electron chi connectivity index (χ4n) is 2.70. The van der Waals surface area contributed by atoms with E-state index in [2.05, 4.69) is 10.6 Å². The highest BCUT2D eigenvalue weighted by molar-refractivity contribution is 7.93. The Morgan fingerprint density at radius 2 is 1.88 bits per heavy atom. The summed E-state index contributed by atoms with van der Waals surface area (Å²) in [7, 11) is -1.88. The van der Waals surface area contributed by atoms with Crippen molar-refractivity contribution < 1.29 is 22.3 Å². The number of methoxy groups -OCH3 is 1. The maximum atomic E-state index is 12.9. The Labute approximate surface area is 150 Å². The second kappa shape index (κ2) is 7.20. The molecular formula is C17H18FN3O4S. The standard InChI is InChI=1S/C17H18FN3O4S/c1-25-16-8-7-14(21-9-2-10-26(21,23)24)11-15(16)20-17(22)19-13-5-3-12(18)4-6-13/h3-8,11H,2,9-10H2,1H3,(H2,19,20,22). The van der Waals surface area contributed by atoms with Gasteiger partial charge in [0.1, 0.15) is 11.6 Å². The SMILES string of the molecule is COc1ccc(N2CCCS2(=O)=O)cc1NC(=O)Nc1ccc(F)cc1. The van der Waals surface area contributed by atoms with Crippen molar-refractivity contribution in [1.29, 1.82) is 0 Å². The van der Waals surface area contributed by atoms with Crippen LogP contribution in [0.5, 0.6) is 5.75 Å². The van der Waals surface area contributed by atoms with Gasteiger partial charge in [-0.25, -0.2) is 17.6 Å². The van der Waals surface area contributed by atoms with Crippen LogP contribution in [-0.4, -0.2) is 33.9 Å². The Morgan fingerprint density at radius 3 is 2.50 bits per heavy atom. The van der Waals surface area contributed by atoms with E-state index < -0.39 is 21.9 Å². The molecule has 0 radical (unpaired) electrons. The van der Waals surface area contributed by atoms with Gasteiger partial charge in [0, 0.05) is 12.2 Å². The molecule has 0 aromatic heterocycles. The minimum absolute atomic E-state index is 0.104. The predicted molar refractivity (Wildman–Crippen MR) is 97.8 cm³/mol. The van der Waals surface area contributed by atoms with E-state index in [1.165, 1.54) is 35.7 Å². The number of ether oxygens (including phenoxy) is 1. The zero-order chi connectivity index (χ0) is 18.7. The highest BCUT2D eigenvalue weighted by Crippen LogP contribution is 2.32. The first-order valence-corrected chi connectivity index (χ1v) is 9.52. The lowest BCUT2D eigenvalue weighted by Crippen LogP contribution is -2.25. The summed E-state index contributed by atoms with van der Waals surface area (Å²) in [5.41, 5.74) is 1.20. The largest absolute Gasteiger partial charge is 0.495 e. The average Bonchev–Trinajstić information content (AvgIpc) is 2.96. The molecule has 0 bridgehead atoms. The quantitative estimate of drug-likeness (QED) is 0.855. The fraction of sp³-hybridized carbons (Fsp3) is 0.235. The van der Waals surface area contributed by atoms with Crippen LogP contribution in [0.2, 0.25) is 0 Å². The number of carbonyl (C=O) groups excluding carboxylic acids is 1. The minimum Gasteiger partial charge on any atom is -0.495 e. The van der Waals surface area contributed by atoms with Gasteiger partial charge in [-0.15, -0.1) is 0 Å². The topological polar surface area (TPSA) is 87.7 Å². The molecule has 0 saturated carbocycles. The van der Waals surface area contributed by atoms with E-state index in [0.717, 1.165) is 0 Å². The van der Waals surface area contributed by atoms with E-state index in [0.29, 0.717) is 35.8 Å². The zero-order valence-corrected chi connectivity index (χ0v) is 14.8. The number of sulfonamides is 1. The van der Waals surface area contributed by atoms with Gasteiger partial charge in [-0.2, -0.15) is 0 Å². The van der Waals surface area contributed by atoms with Crippen molar-refractivity contribution in [2.24, 2.45) is 0 Å². The zero-order valence-electron chi connectivity index (χ0n) is 14.0. The third-order valence-corrected chi connectivity index (χ3v) is 5.79. The molecule has 138 valence electrons. The van der Waals surface area contributed by atoms with Crippen LogP contribution in [0.15, 0.2) is 42.5 Å². The van der Waals surface area contributed by atoms with Crippen LogP contribution < -0.4 is 19.7 Å². The van der Waals surface area contributed by atoms with E-state index >= 15 is 0 Å². The molecule has 2 N–H and O–H groups in total. The van der Waals surface area contributed by atoms with Crippen molar-refractivity contribution in [1.82, 2.24) is 0 Å². The molecule has 0 atom stereocenters. The number of anilines is 3. The van der Waals surface area contributed by atoms with Crippen molar-refractivity contribution >= 4 is 33.1 Å². The van der Waals surface area contributed by atoms with E-state index in [-0.39, 0.29) is 5.75 Å². The summed E-state index contributed by atoms with van der Waals surface area (Å²) < 4.78 is 43.6. The minimum atomic E-state index is -3.33. The number of benzene rings is 2. The van der Waals surface area contributed by atoms with E-state index in [4.69, 9.17) is 4.74 Å². The fourth-order valence-corrected chi connectivity index (χ4v) is 4.25. The van der Waals surface area contributed by atoms with Crippen molar-refractivity contribution in [3.8, 4) is 5.75 Å². The Hall–Kier alpha value is -2.81. The molecule has 2 aromatic rings. The molecule has 2 amide bonds. The van der Waals surface area contributed by atoms with Gasteiger partial charge in [0.2, 0.25) is 10.0 Å². The van der Waals surface area contributed by atoms with Gasteiger partial charge >= 0.3 is 6.03 Å². The first-order valence-electron chi connectivity index (χ1n) is 7.91. The molecule has 1 fully saturated rings. The van der Waals surface area contributed by atoms with Crippen molar-refractivity contribution in [2.75, 3.05) is 34.3 Å². The van der Waals surface area contributed by atoms with Gasteiger partial charge in [0.05, 0.1) is 24.2 Å². The maximum Gasteiger partial charge on any atom is 0.323 e. The first kappa shape index (κ1) is 18.0. The smallest absolute Gasteiger partial charge is 0.323 e. The van der Waals surface area contributed by atoms with Crippen molar-refractivity contribution in [3.05, 3.63) is 48.3 Å². The average molecular weight is 379 g/mol. The normalized spacial score (nSPS) is 15.5. The molecule has 7 nitrogen and oxygen atoms in total. The van der Waals surface area contributed by atoms with E-state index in [9.17, 15) is 17.6 Å². The van der Waals surface area contributed by atoms with Crippen molar-refractivity contribution in [2.45, 2.75) is 6.42 Å². The lowest BCUT2D eigenvalue weighted by molar-refractivity contribution is 0.262. The molecule has 1 saturated heterocycles. The van der Waals surface area contributed by atoms with Gasteiger partial charge in [0.15, 0.2) is 0 Å². The number of nitrogens with one attached hydrogen (secondary N) is 2. The summed E-state index contributed by atoms with van der Waals surface area (Å²) in [4.78, 5) is 12.2. The Morgan fingerprint density at radius 1 is 1.15 bits per heavy atom. The molecule has 1 aliphatic rings. The highest BCUT2D eigenvalue weighted by Gasteiger charge is 2.29. The molecule has 1 heterocycles. The molecule has 9 heteroatoms. The summed E-state index contributed by atoms with van der Waals surface area (Å²) in [5, 5.41) is 5.20.